The van der Waals surface area contributed by atoms with Crippen molar-refractivity contribution in [3.05, 3.63) is 53.3 Å². The average Bonchev–Trinajstić information content (AvgIpc) is 3.10. The van der Waals surface area contributed by atoms with Crippen LogP contribution in [0.5, 0.6) is 23.0 Å². The van der Waals surface area contributed by atoms with Crippen LogP contribution in [0.4, 0.5) is 0 Å². The molecule has 0 radical (unpaired) electrons. The van der Waals surface area contributed by atoms with Gasteiger partial charge in [0.25, 0.3) is 0 Å². The number of ether oxygens (including phenoxy) is 3. The van der Waals surface area contributed by atoms with E-state index in [1.54, 1.807) is 24.3 Å². The van der Waals surface area contributed by atoms with E-state index in [9.17, 15) is 13.2 Å². The zero-order chi connectivity index (χ0) is 17.6. The summed E-state index contributed by atoms with van der Waals surface area (Å²) in [5.74, 6) is 1.41. The summed E-state index contributed by atoms with van der Waals surface area (Å²) in [5, 5.41) is 0. The highest BCUT2D eigenvalue weighted by molar-refractivity contribution is 7.86. The molecular formula is C17H12O7S. The average molecular weight is 360 g/mol. The SMILES string of the molecule is CS(=O)(=O)Oc1ccc2c(c1)O/C(=C/c1ccc3c(c1)OCO3)C2=O. The van der Waals surface area contributed by atoms with Crippen LogP contribution in [0.15, 0.2) is 42.2 Å². The van der Waals surface area contributed by atoms with E-state index in [2.05, 4.69) is 0 Å². The van der Waals surface area contributed by atoms with Crippen molar-refractivity contribution in [1.82, 2.24) is 0 Å². The van der Waals surface area contributed by atoms with Gasteiger partial charge in [0, 0.05) is 6.07 Å². The first kappa shape index (κ1) is 15.5. The van der Waals surface area contributed by atoms with Crippen LogP contribution >= 0.6 is 0 Å². The molecule has 8 heteroatoms. The zero-order valence-electron chi connectivity index (χ0n) is 13.0. The Morgan fingerprint density at radius 2 is 1.84 bits per heavy atom. The van der Waals surface area contributed by atoms with E-state index in [4.69, 9.17) is 18.4 Å². The predicted octanol–water partition coefficient (Wildman–Crippen LogP) is 2.37. The van der Waals surface area contributed by atoms with Gasteiger partial charge in [0.2, 0.25) is 12.6 Å². The fourth-order valence-corrected chi connectivity index (χ4v) is 3.00. The van der Waals surface area contributed by atoms with E-state index in [0.29, 0.717) is 22.6 Å². The molecule has 0 saturated heterocycles. The first-order chi connectivity index (χ1) is 11.9. The monoisotopic (exact) mass is 360 g/mol. The van der Waals surface area contributed by atoms with Crippen LogP contribution in [-0.2, 0) is 10.1 Å². The quantitative estimate of drug-likeness (QED) is 0.613. The fourth-order valence-electron chi connectivity index (χ4n) is 2.55. The van der Waals surface area contributed by atoms with Gasteiger partial charge in [-0.25, -0.2) is 0 Å². The van der Waals surface area contributed by atoms with Crippen LogP contribution in [0.25, 0.3) is 6.08 Å². The molecule has 0 aliphatic carbocycles. The van der Waals surface area contributed by atoms with E-state index >= 15 is 0 Å². The summed E-state index contributed by atoms with van der Waals surface area (Å²) in [5.41, 5.74) is 1.06. The molecule has 2 aliphatic rings. The molecule has 2 aromatic rings. The maximum atomic E-state index is 12.4. The topological polar surface area (TPSA) is 88.1 Å². The summed E-state index contributed by atoms with van der Waals surface area (Å²) in [6.07, 6.45) is 2.53. The van der Waals surface area contributed by atoms with Crippen molar-refractivity contribution in [1.29, 1.82) is 0 Å². The molecule has 2 heterocycles. The number of allylic oxidation sites excluding steroid dienone is 1. The van der Waals surface area contributed by atoms with Gasteiger partial charge in [-0.05, 0) is 35.9 Å². The van der Waals surface area contributed by atoms with Gasteiger partial charge in [-0.3, -0.25) is 4.79 Å². The lowest BCUT2D eigenvalue weighted by Gasteiger charge is -2.04. The summed E-state index contributed by atoms with van der Waals surface area (Å²) in [7, 11) is -3.66. The highest BCUT2D eigenvalue weighted by Crippen LogP contribution is 2.37. The predicted molar refractivity (Wildman–Crippen MR) is 87.4 cm³/mol. The van der Waals surface area contributed by atoms with E-state index in [0.717, 1.165) is 6.26 Å². The number of carbonyl (C=O) groups excluding carboxylic acids is 1. The summed E-state index contributed by atoms with van der Waals surface area (Å²) in [6, 6.07) is 9.52. The Balaban J connectivity index is 1.63. The minimum atomic E-state index is -3.66. The summed E-state index contributed by atoms with van der Waals surface area (Å²) >= 11 is 0. The lowest BCUT2D eigenvalue weighted by Crippen LogP contribution is -2.05. The Bertz CT molecular complexity index is 1020. The highest BCUT2D eigenvalue weighted by Gasteiger charge is 2.28. The standard InChI is InChI=1S/C17H12O7S/c1-25(19,20)24-11-3-4-12-14(8-11)23-16(17(12)18)7-10-2-5-13-15(6-10)22-9-21-13/h2-8H,9H2,1H3/b16-7+. The number of Topliss-reactive ketones (excluding diaryl/α,β-unsaturated/α-hetero) is 1. The number of benzene rings is 2. The van der Waals surface area contributed by atoms with Crippen LogP contribution in [0.2, 0.25) is 0 Å². The van der Waals surface area contributed by atoms with Crippen molar-refractivity contribution in [2.24, 2.45) is 0 Å². The molecule has 2 aliphatic heterocycles. The molecule has 128 valence electrons. The molecule has 2 aromatic carbocycles. The van der Waals surface area contributed by atoms with Crippen molar-refractivity contribution in [2.45, 2.75) is 0 Å². The molecule has 0 unspecified atom stereocenters. The Hall–Kier alpha value is -3.00. The van der Waals surface area contributed by atoms with Crippen molar-refractivity contribution in [2.75, 3.05) is 13.0 Å². The minimum Gasteiger partial charge on any atom is -0.454 e. The van der Waals surface area contributed by atoms with Crippen LogP contribution in [0, 0.1) is 0 Å². The molecule has 4 rings (SSSR count). The van der Waals surface area contributed by atoms with Crippen LogP contribution in [0.1, 0.15) is 15.9 Å². The molecule has 0 N–H and O–H groups in total. The van der Waals surface area contributed by atoms with Crippen molar-refractivity contribution in [3.63, 3.8) is 0 Å². The second kappa shape index (κ2) is 5.52. The largest absolute Gasteiger partial charge is 0.454 e. The minimum absolute atomic E-state index is 0.0818. The summed E-state index contributed by atoms with van der Waals surface area (Å²) in [6.45, 7) is 0.166. The fraction of sp³-hybridized carbons (Fsp3) is 0.118. The molecule has 0 atom stereocenters. The zero-order valence-corrected chi connectivity index (χ0v) is 13.8. The molecule has 0 spiro atoms. The Morgan fingerprint density at radius 1 is 1.04 bits per heavy atom. The third-order valence-electron chi connectivity index (χ3n) is 3.58. The van der Waals surface area contributed by atoms with Crippen LogP contribution < -0.4 is 18.4 Å². The maximum absolute atomic E-state index is 12.4. The molecule has 0 fully saturated rings. The van der Waals surface area contributed by atoms with E-state index < -0.39 is 10.1 Å². The van der Waals surface area contributed by atoms with Crippen LogP contribution in [0.3, 0.4) is 0 Å². The number of carbonyl (C=O) groups is 1. The first-order valence-electron chi connectivity index (χ1n) is 7.26. The third-order valence-corrected chi connectivity index (χ3v) is 4.08. The van der Waals surface area contributed by atoms with E-state index in [1.165, 1.54) is 18.2 Å². The lowest BCUT2D eigenvalue weighted by molar-refractivity contribution is 0.101. The third kappa shape index (κ3) is 3.03. The van der Waals surface area contributed by atoms with Gasteiger partial charge < -0.3 is 18.4 Å². The van der Waals surface area contributed by atoms with Gasteiger partial charge in [-0.1, -0.05) is 6.07 Å². The Morgan fingerprint density at radius 3 is 2.64 bits per heavy atom. The van der Waals surface area contributed by atoms with Gasteiger partial charge in [0.15, 0.2) is 17.3 Å². The van der Waals surface area contributed by atoms with Crippen LogP contribution in [-0.4, -0.2) is 27.2 Å². The first-order valence-corrected chi connectivity index (χ1v) is 9.08. The van der Waals surface area contributed by atoms with Crippen molar-refractivity contribution in [3.8, 4) is 23.0 Å². The van der Waals surface area contributed by atoms with Gasteiger partial charge in [0.1, 0.15) is 11.5 Å². The van der Waals surface area contributed by atoms with Crippen molar-refractivity contribution < 1.29 is 31.6 Å². The Kier molecular flexibility index (Phi) is 3.43. The van der Waals surface area contributed by atoms with Gasteiger partial charge in [-0.2, -0.15) is 8.42 Å². The van der Waals surface area contributed by atoms with Gasteiger partial charge in [-0.15, -0.1) is 0 Å². The van der Waals surface area contributed by atoms with E-state index in [-0.39, 0.29) is 29.8 Å². The highest BCUT2D eigenvalue weighted by atomic mass is 32.2. The second-order valence-electron chi connectivity index (χ2n) is 5.50. The Labute approximate surface area is 143 Å². The number of rotatable bonds is 3. The maximum Gasteiger partial charge on any atom is 0.306 e. The number of fused-ring (bicyclic) bond motifs is 2. The molecule has 0 amide bonds. The van der Waals surface area contributed by atoms with Gasteiger partial charge in [0.05, 0.1) is 11.8 Å². The smallest absolute Gasteiger partial charge is 0.306 e. The number of ketones is 1. The molecule has 0 aromatic heterocycles. The molecule has 0 saturated carbocycles. The lowest BCUT2D eigenvalue weighted by atomic mass is 10.1. The molecule has 0 bridgehead atoms. The number of hydrogen-bond acceptors (Lipinski definition) is 7. The molecular weight excluding hydrogens is 348 g/mol. The van der Waals surface area contributed by atoms with Gasteiger partial charge >= 0.3 is 10.1 Å². The second-order valence-corrected chi connectivity index (χ2v) is 7.07. The number of hydrogen-bond donors (Lipinski definition) is 0. The van der Waals surface area contributed by atoms with Crippen molar-refractivity contribution >= 4 is 22.0 Å². The van der Waals surface area contributed by atoms with E-state index in [1.807, 2.05) is 0 Å². The summed E-state index contributed by atoms with van der Waals surface area (Å²) < 4.78 is 43.3. The summed E-state index contributed by atoms with van der Waals surface area (Å²) in [4.78, 5) is 12.4. The molecule has 7 nitrogen and oxygen atoms in total. The molecule has 25 heavy (non-hydrogen) atoms. The normalized spacial score (nSPS) is 16.7.